The summed E-state index contributed by atoms with van der Waals surface area (Å²) < 4.78 is 0. The fraction of sp³-hybridized carbons (Fsp3) is 0.955. The van der Waals surface area contributed by atoms with Crippen molar-refractivity contribution in [2.24, 2.45) is 0 Å². The van der Waals surface area contributed by atoms with E-state index in [-0.39, 0.29) is 0 Å². The molecule has 0 N–H and O–H groups in total. The van der Waals surface area contributed by atoms with Crippen LogP contribution in [0.15, 0.2) is 12.4 Å². The van der Waals surface area contributed by atoms with Gasteiger partial charge in [-0.1, -0.05) is 226 Å². The van der Waals surface area contributed by atoms with Crippen molar-refractivity contribution < 1.29 is 0 Å². The van der Waals surface area contributed by atoms with Crippen LogP contribution in [0.5, 0.6) is 0 Å². The van der Waals surface area contributed by atoms with Crippen molar-refractivity contribution >= 4 is 0 Å². The molecule has 1 heterocycles. The maximum Gasteiger partial charge on any atom is 0.101 e. The topological polar surface area (TPSA) is 6.48 Å². The standard InChI is InChI=1S/C44H88N2/c1-4-7-10-13-16-19-22-23-24-25-26-29-32-35-38-41-46-43-42-45(40-37-34-31-28-21-18-15-12-9-6-3)44(46)39-36-33-30-27-20-17-14-11-8-5-2/h42-44H,4-41H2,1-3H3. The largest absolute Gasteiger partial charge is 0.356 e. The lowest BCUT2D eigenvalue weighted by Gasteiger charge is -2.33. The van der Waals surface area contributed by atoms with E-state index in [1.165, 1.54) is 244 Å². The highest BCUT2D eigenvalue weighted by Gasteiger charge is 2.24. The van der Waals surface area contributed by atoms with Crippen molar-refractivity contribution in [3.8, 4) is 0 Å². The lowest BCUT2D eigenvalue weighted by atomic mass is 10.0. The highest BCUT2D eigenvalue weighted by atomic mass is 15.4. The van der Waals surface area contributed by atoms with Crippen LogP contribution < -0.4 is 0 Å². The Labute approximate surface area is 292 Å². The Balaban J connectivity index is 2.19. The predicted octanol–water partition coefficient (Wildman–Crippen LogP) is 15.5. The van der Waals surface area contributed by atoms with E-state index in [0.717, 1.165) is 0 Å². The van der Waals surface area contributed by atoms with Gasteiger partial charge in [-0.3, -0.25) is 0 Å². The van der Waals surface area contributed by atoms with Crippen molar-refractivity contribution in [3.05, 3.63) is 12.4 Å². The molecule has 0 aromatic rings. The molecule has 1 aliphatic heterocycles. The van der Waals surface area contributed by atoms with E-state index in [0.29, 0.717) is 6.17 Å². The van der Waals surface area contributed by atoms with Crippen LogP contribution in [0.4, 0.5) is 0 Å². The van der Waals surface area contributed by atoms with E-state index in [9.17, 15) is 0 Å². The molecule has 0 aliphatic carbocycles. The van der Waals surface area contributed by atoms with Gasteiger partial charge in [0.15, 0.2) is 0 Å². The Bertz CT molecular complexity index is 601. The third-order valence-electron chi connectivity index (χ3n) is 10.8. The van der Waals surface area contributed by atoms with Crippen molar-refractivity contribution in [3.63, 3.8) is 0 Å². The van der Waals surface area contributed by atoms with Crippen molar-refractivity contribution in [1.82, 2.24) is 9.80 Å². The van der Waals surface area contributed by atoms with Gasteiger partial charge in [0.05, 0.1) is 0 Å². The molecule has 0 aromatic heterocycles. The van der Waals surface area contributed by atoms with Crippen LogP contribution in [0.25, 0.3) is 0 Å². The molecule has 0 fully saturated rings. The third-order valence-corrected chi connectivity index (χ3v) is 10.8. The van der Waals surface area contributed by atoms with Gasteiger partial charge in [0.1, 0.15) is 6.17 Å². The Morgan fingerprint density at radius 2 is 0.500 bits per heavy atom. The highest BCUT2D eigenvalue weighted by Crippen LogP contribution is 2.24. The first kappa shape index (κ1) is 43.4. The summed E-state index contributed by atoms with van der Waals surface area (Å²) >= 11 is 0. The van der Waals surface area contributed by atoms with Gasteiger partial charge in [-0.25, -0.2) is 0 Å². The van der Waals surface area contributed by atoms with Gasteiger partial charge in [-0.05, 0) is 25.7 Å². The fourth-order valence-electron chi connectivity index (χ4n) is 7.60. The third kappa shape index (κ3) is 27.3. The Hall–Kier alpha value is -0.660. The maximum atomic E-state index is 2.73. The van der Waals surface area contributed by atoms with Gasteiger partial charge in [0.25, 0.3) is 0 Å². The van der Waals surface area contributed by atoms with Gasteiger partial charge in [-0.15, -0.1) is 0 Å². The van der Waals surface area contributed by atoms with Crippen LogP contribution in [0, 0.1) is 0 Å². The van der Waals surface area contributed by atoms with Crippen LogP contribution in [-0.4, -0.2) is 29.1 Å². The Morgan fingerprint density at radius 3 is 0.761 bits per heavy atom. The zero-order valence-electron chi connectivity index (χ0n) is 32.5. The summed E-state index contributed by atoms with van der Waals surface area (Å²) in [6, 6.07) is 0. The number of hydrogen-bond donors (Lipinski definition) is 0. The molecule has 1 unspecified atom stereocenters. The van der Waals surface area contributed by atoms with Crippen molar-refractivity contribution in [1.29, 1.82) is 0 Å². The molecule has 0 amide bonds. The summed E-state index contributed by atoms with van der Waals surface area (Å²) in [7, 11) is 0. The summed E-state index contributed by atoms with van der Waals surface area (Å²) in [6.45, 7) is 9.49. The van der Waals surface area contributed by atoms with E-state index >= 15 is 0 Å². The predicted molar refractivity (Wildman–Crippen MR) is 210 cm³/mol. The lowest BCUT2D eigenvalue weighted by molar-refractivity contribution is 0.135. The molecule has 0 spiro atoms. The average Bonchev–Trinajstić information content (AvgIpc) is 3.45. The van der Waals surface area contributed by atoms with Gasteiger partial charge < -0.3 is 9.80 Å². The molecule has 0 saturated carbocycles. The molecule has 274 valence electrons. The van der Waals surface area contributed by atoms with Crippen molar-refractivity contribution in [2.75, 3.05) is 13.1 Å². The zero-order chi connectivity index (χ0) is 33.0. The molecule has 0 bridgehead atoms. The molecule has 0 aromatic carbocycles. The summed E-state index contributed by atoms with van der Waals surface area (Å²) in [5, 5.41) is 0. The van der Waals surface area contributed by atoms with Crippen LogP contribution >= 0.6 is 0 Å². The summed E-state index contributed by atoms with van der Waals surface area (Å²) in [4.78, 5) is 5.45. The minimum atomic E-state index is 0.638. The first-order valence-electron chi connectivity index (χ1n) is 22.0. The highest BCUT2D eigenvalue weighted by molar-refractivity contribution is 4.97. The van der Waals surface area contributed by atoms with Gasteiger partial charge in [-0.2, -0.15) is 0 Å². The number of nitrogens with zero attached hydrogens (tertiary/aromatic N) is 2. The first-order valence-corrected chi connectivity index (χ1v) is 22.0. The van der Waals surface area contributed by atoms with Crippen LogP contribution in [0.3, 0.4) is 0 Å². The van der Waals surface area contributed by atoms with Crippen molar-refractivity contribution in [2.45, 2.75) is 258 Å². The second-order valence-electron chi connectivity index (χ2n) is 15.4. The van der Waals surface area contributed by atoms with E-state index in [2.05, 4.69) is 43.0 Å². The SMILES string of the molecule is CCCCCCCCCCCCCCCCCN1C=CN(CCCCCCCCCCCC)C1CCCCCCCCCCCC. The molecular weight excluding hydrogens is 556 g/mol. The van der Waals surface area contributed by atoms with E-state index in [1.54, 1.807) is 0 Å². The van der Waals surface area contributed by atoms with Crippen LogP contribution in [-0.2, 0) is 0 Å². The quantitative estimate of drug-likeness (QED) is 0.0617. The fourth-order valence-corrected chi connectivity index (χ4v) is 7.60. The normalized spacial score (nSPS) is 14.7. The van der Waals surface area contributed by atoms with Gasteiger partial charge in [0, 0.05) is 25.5 Å². The molecular formula is C44H88N2. The second kappa shape index (κ2) is 35.6. The minimum Gasteiger partial charge on any atom is -0.356 e. The second-order valence-corrected chi connectivity index (χ2v) is 15.4. The summed E-state index contributed by atoms with van der Waals surface area (Å²) in [5.74, 6) is 0. The van der Waals surface area contributed by atoms with Gasteiger partial charge in [0.2, 0.25) is 0 Å². The summed E-state index contributed by atoms with van der Waals surface area (Å²) in [5.41, 5.74) is 0. The van der Waals surface area contributed by atoms with E-state index < -0.39 is 0 Å². The number of rotatable bonds is 38. The molecule has 0 radical (unpaired) electrons. The summed E-state index contributed by atoms with van der Waals surface area (Å²) in [6.07, 6.45) is 57.4. The zero-order valence-corrected chi connectivity index (χ0v) is 32.5. The lowest BCUT2D eigenvalue weighted by Crippen LogP contribution is -2.39. The molecule has 1 atom stereocenters. The molecule has 2 heteroatoms. The Kier molecular flexibility index (Phi) is 33.6. The van der Waals surface area contributed by atoms with Crippen LogP contribution in [0.2, 0.25) is 0 Å². The minimum absolute atomic E-state index is 0.638. The first-order chi connectivity index (χ1) is 22.8. The Morgan fingerprint density at radius 1 is 0.283 bits per heavy atom. The molecule has 1 aliphatic rings. The number of unbranched alkanes of at least 4 members (excludes halogenated alkanes) is 32. The monoisotopic (exact) mass is 645 g/mol. The van der Waals surface area contributed by atoms with Gasteiger partial charge >= 0.3 is 0 Å². The molecule has 46 heavy (non-hydrogen) atoms. The maximum absolute atomic E-state index is 2.73. The molecule has 2 nitrogen and oxygen atoms in total. The average molecular weight is 645 g/mol. The molecule has 0 saturated heterocycles. The van der Waals surface area contributed by atoms with Crippen LogP contribution in [0.1, 0.15) is 252 Å². The number of hydrogen-bond acceptors (Lipinski definition) is 2. The van der Waals surface area contributed by atoms with E-state index in [4.69, 9.17) is 0 Å². The molecule has 1 rings (SSSR count). The van der Waals surface area contributed by atoms with E-state index in [1.807, 2.05) is 0 Å². The smallest absolute Gasteiger partial charge is 0.101 e.